The number of aryl methyl sites for hydroxylation is 1. The number of anilines is 3. The number of halogens is 1. The molecule has 1 aliphatic rings. The van der Waals surface area contributed by atoms with E-state index < -0.39 is 11.9 Å². The van der Waals surface area contributed by atoms with Crippen LogP contribution in [0.4, 0.5) is 21.8 Å². The summed E-state index contributed by atoms with van der Waals surface area (Å²) in [5.41, 5.74) is 3.04. The lowest BCUT2D eigenvalue weighted by Crippen LogP contribution is -2.16. The Morgan fingerprint density at radius 2 is 1.82 bits per heavy atom. The van der Waals surface area contributed by atoms with Gasteiger partial charge in [-0.05, 0) is 85.9 Å². The van der Waals surface area contributed by atoms with Gasteiger partial charge in [-0.25, -0.2) is 4.39 Å². The van der Waals surface area contributed by atoms with Crippen LogP contribution >= 0.6 is 0 Å². The summed E-state index contributed by atoms with van der Waals surface area (Å²) in [6.07, 6.45) is 4.01. The quantitative estimate of drug-likeness (QED) is 0.447. The van der Waals surface area contributed by atoms with Gasteiger partial charge < -0.3 is 20.2 Å². The predicted octanol–water partition coefficient (Wildman–Crippen LogP) is 5.26. The van der Waals surface area contributed by atoms with Gasteiger partial charge in [0, 0.05) is 17.8 Å². The molecule has 3 N–H and O–H groups in total. The number of aromatic nitrogens is 2. The largest absolute Gasteiger partial charge is 0.481 e. The summed E-state index contributed by atoms with van der Waals surface area (Å²) in [6, 6.07) is 11.9. The Bertz CT molecular complexity index is 1140. The lowest BCUT2D eigenvalue weighted by molar-refractivity contribution is -0.138. The number of nitrogens with zero attached hydrogens (tertiary/aromatic N) is 2. The molecular weight excluding hydrogens is 427 g/mol. The molecule has 0 radical (unpaired) electrons. The minimum Gasteiger partial charge on any atom is -0.481 e. The molecule has 8 nitrogen and oxygen atoms in total. The summed E-state index contributed by atoms with van der Waals surface area (Å²) in [6.45, 7) is 1.74. The highest BCUT2D eigenvalue weighted by Gasteiger charge is 2.24. The van der Waals surface area contributed by atoms with Crippen LogP contribution in [0.1, 0.15) is 59.8 Å². The molecule has 0 bridgehead atoms. The monoisotopic (exact) mass is 452 g/mol. The van der Waals surface area contributed by atoms with Crippen LogP contribution in [0, 0.1) is 18.7 Å². The molecule has 1 amide bonds. The van der Waals surface area contributed by atoms with Gasteiger partial charge in [0.1, 0.15) is 5.82 Å². The van der Waals surface area contributed by atoms with E-state index in [9.17, 15) is 14.0 Å². The van der Waals surface area contributed by atoms with Crippen molar-refractivity contribution in [1.82, 2.24) is 10.2 Å². The first-order valence-electron chi connectivity index (χ1n) is 10.9. The number of carboxylic acids is 1. The zero-order valence-electron chi connectivity index (χ0n) is 18.2. The molecule has 33 heavy (non-hydrogen) atoms. The SMILES string of the molecule is Cc1cc(F)ccc1Nc1nnc(C(=O)Nc2ccc([C@H]3CC[C@H](CC(=O)O)CC3)cc2)o1. The maximum Gasteiger partial charge on any atom is 0.320 e. The molecule has 1 aliphatic carbocycles. The summed E-state index contributed by atoms with van der Waals surface area (Å²) in [4.78, 5) is 23.4. The van der Waals surface area contributed by atoms with Crippen molar-refractivity contribution in [2.24, 2.45) is 5.92 Å². The Kier molecular flexibility index (Phi) is 6.67. The molecule has 1 aromatic heterocycles. The van der Waals surface area contributed by atoms with Crippen molar-refractivity contribution in [3.63, 3.8) is 0 Å². The highest BCUT2D eigenvalue weighted by molar-refractivity contribution is 6.00. The van der Waals surface area contributed by atoms with Gasteiger partial charge >= 0.3 is 23.8 Å². The third-order valence-electron chi connectivity index (χ3n) is 6.00. The Labute approximate surface area is 190 Å². The first kappa shape index (κ1) is 22.4. The highest BCUT2D eigenvalue weighted by Crippen LogP contribution is 2.37. The molecule has 0 aliphatic heterocycles. The van der Waals surface area contributed by atoms with E-state index in [4.69, 9.17) is 9.52 Å². The van der Waals surface area contributed by atoms with Gasteiger partial charge in [0.15, 0.2) is 0 Å². The number of nitrogens with one attached hydrogen (secondary N) is 2. The fraction of sp³-hybridized carbons (Fsp3) is 0.333. The number of carbonyl (C=O) groups is 2. The minimum atomic E-state index is -0.728. The predicted molar refractivity (Wildman–Crippen MR) is 120 cm³/mol. The van der Waals surface area contributed by atoms with E-state index >= 15 is 0 Å². The zero-order chi connectivity index (χ0) is 23.4. The Hall–Kier alpha value is -3.75. The highest BCUT2D eigenvalue weighted by atomic mass is 19.1. The van der Waals surface area contributed by atoms with E-state index in [1.807, 2.05) is 24.3 Å². The molecule has 3 aromatic rings. The number of benzene rings is 2. The fourth-order valence-electron chi connectivity index (χ4n) is 4.22. The summed E-state index contributed by atoms with van der Waals surface area (Å²) < 4.78 is 18.6. The number of rotatable bonds is 7. The van der Waals surface area contributed by atoms with Gasteiger partial charge in [-0.1, -0.05) is 17.2 Å². The average Bonchev–Trinajstić information content (AvgIpc) is 3.25. The van der Waals surface area contributed by atoms with Crippen molar-refractivity contribution in [3.05, 3.63) is 65.3 Å². The molecule has 172 valence electrons. The van der Waals surface area contributed by atoms with Crippen molar-refractivity contribution in [1.29, 1.82) is 0 Å². The summed E-state index contributed by atoms with van der Waals surface area (Å²) in [5.74, 6) is -1.14. The molecule has 4 rings (SSSR count). The van der Waals surface area contributed by atoms with E-state index in [2.05, 4.69) is 20.8 Å². The first-order chi connectivity index (χ1) is 15.9. The van der Waals surface area contributed by atoms with Gasteiger partial charge in [0.2, 0.25) is 0 Å². The molecule has 1 heterocycles. The fourth-order valence-corrected chi connectivity index (χ4v) is 4.22. The molecular formula is C24H25FN4O4. The van der Waals surface area contributed by atoms with Crippen molar-refractivity contribution in [2.45, 2.75) is 44.9 Å². The molecule has 9 heteroatoms. The van der Waals surface area contributed by atoms with Gasteiger partial charge in [-0.15, -0.1) is 5.10 Å². The van der Waals surface area contributed by atoms with Crippen molar-refractivity contribution in [2.75, 3.05) is 10.6 Å². The van der Waals surface area contributed by atoms with Gasteiger partial charge in [-0.2, -0.15) is 0 Å². The molecule has 1 saturated carbocycles. The van der Waals surface area contributed by atoms with Crippen LogP contribution in [0.25, 0.3) is 0 Å². The second-order valence-electron chi connectivity index (χ2n) is 8.39. The van der Waals surface area contributed by atoms with Crippen LogP contribution in [0.2, 0.25) is 0 Å². The smallest absolute Gasteiger partial charge is 0.320 e. The number of hydrogen-bond donors (Lipinski definition) is 3. The second-order valence-corrected chi connectivity index (χ2v) is 8.39. The molecule has 1 fully saturated rings. The minimum absolute atomic E-state index is 0.0312. The standard InChI is InChI=1S/C24H25FN4O4/c1-14-12-18(25)8-11-20(14)27-24-29-28-23(33-24)22(32)26-19-9-6-17(7-10-19)16-4-2-15(3-5-16)13-21(30)31/h6-12,15-16H,2-5,13H2,1H3,(H,26,32)(H,27,29)(H,30,31)/t15-,16-. The van der Waals surface area contributed by atoms with Crippen LogP contribution < -0.4 is 10.6 Å². The summed E-state index contributed by atoms with van der Waals surface area (Å²) >= 11 is 0. The van der Waals surface area contributed by atoms with E-state index in [0.717, 1.165) is 25.7 Å². The third kappa shape index (κ3) is 5.74. The zero-order valence-corrected chi connectivity index (χ0v) is 18.2. The first-order valence-corrected chi connectivity index (χ1v) is 10.9. The van der Waals surface area contributed by atoms with Crippen LogP contribution in [0.15, 0.2) is 46.9 Å². The van der Waals surface area contributed by atoms with Crippen LogP contribution in [-0.2, 0) is 4.79 Å². The molecule has 0 unspecified atom stereocenters. The lowest BCUT2D eigenvalue weighted by Gasteiger charge is -2.28. The molecule has 0 spiro atoms. The van der Waals surface area contributed by atoms with Crippen molar-refractivity contribution >= 4 is 29.3 Å². The summed E-state index contributed by atoms with van der Waals surface area (Å²) in [5, 5.41) is 22.2. The second kappa shape index (κ2) is 9.81. The van der Waals surface area contributed by atoms with Crippen LogP contribution in [0.3, 0.4) is 0 Å². The van der Waals surface area contributed by atoms with E-state index in [1.165, 1.54) is 17.7 Å². The Balaban J connectivity index is 1.32. The van der Waals surface area contributed by atoms with Crippen molar-refractivity contribution < 1.29 is 23.5 Å². The van der Waals surface area contributed by atoms with Crippen LogP contribution in [0.5, 0.6) is 0 Å². The van der Waals surface area contributed by atoms with Gasteiger partial charge in [-0.3, -0.25) is 9.59 Å². The Morgan fingerprint density at radius 3 is 2.48 bits per heavy atom. The van der Waals surface area contributed by atoms with Crippen LogP contribution in [-0.4, -0.2) is 27.2 Å². The molecule has 0 atom stereocenters. The van der Waals surface area contributed by atoms with Crippen molar-refractivity contribution in [3.8, 4) is 0 Å². The van der Waals surface area contributed by atoms with E-state index in [1.54, 1.807) is 13.0 Å². The maximum atomic E-state index is 13.2. The topological polar surface area (TPSA) is 117 Å². The third-order valence-corrected chi connectivity index (χ3v) is 6.00. The normalized spacial score (nSPS) is 18.0. The lowest BCUT2D eigenvalue weighted by atomic mass is 9.77. The number of aliphatic carboxylic acids is 1. The maximum absolute atomic E-state index is 13.2. The van der Waals surface area contributed by atoms with E-state index in [-0.39, 0.29) is 30.1 Å². The number of carboxylic acid groups (broad SMARTS) is 1. The number of amides is 1. The molecule has 2 aromatic carbocycles. The van der Waals surface area contributed by atoms with E-state index in [0.29, 0.717) is 22.9 Å². The Morgan fingerprint density at radius 1 is 1.09 bits per heavy atom. The summed E-state index contributed by atoms with van der Waals surface area (Å²) in [7, 11) is 0. The van der Waals surface area contributed by atoms with Gasteiger partial charge in [0.25, 0.3) is 0 Å². The average molecular weight is 452 g/mol. The van der Waals surface area contributed by atoms with Gasteiger partial charge in [0.05, 0.1) is 0 Å². The molecule has 0 saturated heterocycles. The number of hydrogen-bond acceptors (Lipinski definition) is 6. The number of carbonyl (C=O) groups excluding carboxylic acids is 1.